The van der Waals surface area contributed by atoms with E-state index >= 15 is 0 Å². The molecule has 0 aliphatic rings. The Labute approximate surface area is 287 Å². The van der Waals surface area contributed by atoms with Gasteiger partial charge in [0.05, 0.1) is 21.8 Å². The van der Waals surface area contributed by atoms with Gasteiger partial charge < -0.3 is 10.3 Å². The van der Waals surface area contributed by atoms with E-state index in [1.54, 1.807) is 17.4 Å². The Morgan fingerprint density at radius 2 is 1.38 bits per heavy atom. The molecular weight excluding hydrogens is 623 g/mol. The molecule has 9 rings (SSSR count). The number of anilines is 1. The van der Waals surface area contributed by atoms with Crippen molar-refractivity contribution in [1.82, 2.24) is 4.57 Å². The van der Waals surface area contributed by atoms with Crippen molar-refractivity contribution in [2.45, 2.75) is 6.92 Å². The Morgan fingerprint density at radius 3 is 2.19 bits per heavy atom. The third kappa shape index (κ3) is 4.74. The number of fused-ring (bicyclic) bond motifs is 11. The maximum absolute atomic E-state index is 8.28. The van der Waals surface area contributed by atoms with Crippen molar-refractivity contribution in [2.24, 2.45) is 7.05 Å². The number of allylic oxidation sites excluding steroid dienone is 2. The molecule has 0 spiro atoms. The molecule has 0 unspecified atom stereocenters. The van der Waals surface area contributed by atoms with Crippen LogP contribution in [-0.4, -0.2) is 10.3 Å². The first-order chi connectivity index (χ1) is 23.5. The van der Waals surface area contributed by atoms with Gasteiger partial charge in [-0.05, 0) is 41.3 Å². The number of benzene rings is 6. The first-order valence-corrected chi connectivity index (χ1v) is 17.5. The van der Waals surface area contributed by atoms with Crippen molar-refractivity contribution >= 4 is 104 Å². The molecule has 0 fully saturated rings. The minimum atomic E-state index is 0.476. The predicted molar refractivity (Wildman–Crippen MR) is 213 cm³/mol. The molecule has 9 aromatic rings. The zero-order chi connectivity index (χ0) is 32.9. The van der Waals surface area contributed by atoms with E-state index in [0.29, 0.717) is 11.4 Å². The van der Waals surface area contributed by atoms with Gasteiger partial charge in [-0.1, -0.05) is 122 Å². The van der Waals surface area contributed by atoms with Crippen molar-refractivity contribution in [1.29, 1.82) is 5.41 Å². The van der Waals surface area contributed by atoms with Crippen LogP contribution < -0.4 is 5.73 Å². The highest BCUT2D eigenvalue weighted by Gasteiger charge is 2.17. The van der Waals surface area contributed by atoms with E-state index in [2.05, 4.69) is 103 Å². The number of hydrogen-bond donors (Lipinski definition) is 2. The van der Waals surface area contributed by atoms with Gasteiger partial charge in [0.2, 0.25) is 0 Å². The third-order valence-corrected chi connectivity index (χ3v) is 11.5. The summed E-state index contributed by atoms with van der Waals surface area (Å²) in [5.41, 5.74) is 11.8. The van der Waals surface area contributed by atoms with Crippen LogP contribution in [0.2, 0.25) is 0 Å². The standard InChI is InChI=1S/C27H17NS.C16H16N2S/c1-28-22-8-4-2-6-17(22)19-14-13-18-20(27(19)28)12-10-16-11-15-24-26(25(16)18)21-7-3-5-9-23(21)29-24;1-3-4-10-13-11(2)19-16(15(13)18)14(17)12-8-6-5-7-9-12/h2-15H,1H3;3-10,17H,1,18H2,2H3/b;10-4-,17-14?. The van der Waals surface area contributed by atoms with Crippen LogP contribution in [0, 0.1) is 12.3 Å². The number of nitrogens with two attached hydrogens (primary N) is 1. The van der Waals surface area contributed by atoms with Crippen molar-refractivity contribution in [3.63, 3.8) is 0 Å². The van der Waals surface area contributed by atoms with Crippen LogP contribution in [-0.2, 0) is 7.05 Å². The van der Waals surface area contributed by atoms with E-state index in [4.69, 9.17) is 11.1 Å². The predicted octanol–water partition coefficient (Wildman–Crippen LogP) is 12.3. The Morgan fingerprint density at radius 1 is 0.708 bits per heavy atom. The van der Waals surface area contributed by atoms with Crippen LogP contribution in [0.3, 0.4) is 0 Å². The summed E-state index contributed by atoms with van der Waals surface area (Å²) >= 11 is 3.45. The zero-order valence-corrected chi connectivity index (χ0v) is 28.4. The molecule has 3 nitrogen and oxygen atoms in total. The lowest BCUT2D eigenvalue weighted by molar-refractivity contribution is 1.02. The van der Waals surface area contributed by atoms with Crippen molar-refractivity contribution in [3.8, 4) is 0 Å². The topological polar surface area (TPSA) is 54.8 Å². The summed E-state index contributed by atoms with van der Waals surface area (Å²) in [7, 11) is 2.19. The van der Waals surface area contributed by atoms with Gasteiger partial charge in [0.25, 0.3) is 0 Å². The molecule has 0 saturated heterocycles. The second-order valence-corrected chi connectivity index (χ2v) is 14.3. The molecule has 3 aromatic heterocycles. The van der Waals surface area contributed by atoms with Crippen molar-refractivity contribution in [3.05, 3.63) is 155 Å². The number of hydrogen-bond acceptors (Lipinski definition) is 4. The molecule has 0 aliphatic heterocycles. The molecule has 3 heterocycles. The first kappa shape index (κ1) is 29.9. The molecule has 6 aromatic carbocycles. The van der Waals surface area contributed by atoms with Crippen molar-refractivity contribution < 1.29 is 0 Å². The molecular formula is C43H33N3S2. The second kappa shape index (κ2) is 11.9. The molecule has 0 saturated carbocycles. The number of nitrogens with one attached hydrogen (secondary N) is 1. The zero-order valence-electron chi connectivity index (χ0n) is 26.7. The molecule has 0 amide bonds. The fourth-order valence-electron chi connectivity index (χ4n) is 6.99. The van der Waals surface area contributed by atoms with E-state index in [-0.39, 0.29) is 0 Å². The molecule has 3 N–H and O–H groups in total. The largest absolute Gasteiger partial charge is 0.397 e. The number of aromatic nitrogens is 1. The van der Waals surface area contributed by atoms with E-state index in [0.717, 1.165) is 20.9 Å². The van der Waals surface area contributed by atoms with Gasteiger partial charge >= 0.3 is 0 Å². The summed E-state index contributed by atoms with van der Waals surface area (Å²) in [6, 6.07) is 40.9. The molecule has 232 valence electrons. The summed E-state index contributed by atoms with van der Waals surface area (Å²) < 4.78 is 5.08. The van der Waals surface area contributed by atoms with Gasteiger partial charge in [0, 0.05) is 64.9 Å². The van der Waals surface area contributed by atoms with Crippen LogP contribution in [0.1, 0.15) is 20.9 Å². The molecule has 0 bridgehead atoms. The number of thiophene rings is 2. The third-order valence-electron chi connectivity index (χ3n) is 9.24. The number of aryl methyl sites for hydroxylation is 2. The Hall–Kier alpha value is -5.49. The number of rotatable bonds is 4. The quantitative estimate of drug-likeness (QED) is 0.111. The Kier molecular flexibility index (Phi) is 7.44. The van der Waals surface area contributed by atoms with Gasteiger partial charge in [0.1, 0.15) is 0 Å². The summed E-state index contributed by atoms with van der Waals surface area (Å²) in [6.45, 7) is 5.68. The summed E-state index contributed by atoms with van der Waals surface area (Å²) in [4.78, 5) is 1.94. The van der Waals surface area contributed by atoms with Gasteiger partial charge in [-0.3, -0.25) is 5.41 Å². The van der Waals surface area contributed by atoms with Gasteiger partial charge in [-0.2, -0.15) is 0 Å². The first-order valence-electron chi connectivity index (χ1n) is 15.9. The summed E-state index contributed by atoms with van der Waals surface area (Å²) in [5.74, 6) is 0. The molecule has 0 atom stereocenters. The monoisotopic (exact) mass is 655 g/mol. The summed E-state index contributed by atoms with van der Waals surface area (Å²) in [6.07, 6.45) is 5.52. The molecule has 48 heavy (non-hydrogen) atoms. The Balaban J connectivity index is 0.000000155. The van der Waals surface area contributed by atoms with Crippen LogP contribution in [0.25, 0.3) is 69.6 Å². The highest BCUT2D eigenvalue weighted by molar-refractivity contribution is 7.26. The fraction of sp³-hybridized carbons (Fsp3) is 0.0465. The fourth-order valence-corrected chi connectivity index (χ4v) is 9.14. The van der Waals surface area contributed by atoms with Gasteiger partial charge in [-0.15, -0.1) is 22.7 Å². The molecule has 0 aliphatic carbocycles. The maximum Gasteiger partial charge on any atom is 0.0805 e. The average molecular weight is 656 g/mol. The van der Waals surface area contributed by atoms with E-state index in [9.17, 15) is 0 Å². The normalized spacial score (nSPS) is 11.7. The smallest absolute Gasteiger partial charge is 0.0805 e. The summed E-state index contributed by atoms with van der Waals surface area (Å²) in [5, 5.41) is 19.1. The van der Waals surface area contributed by atoms with Crippen LogP contribution in [0.5, 0.6) is 0 Å². The lowest BCUT2D eigenvalue weighted by atomic mass is 9.96. The van der Waals surface area contributed by atoms with Crippen LogP contribution in [0.4, 0.5) is 5.69 Å². The van der Waals surface area contributed by atoms with E-state index in [1.807, 2.05) is 60.7 Å². The average Bonchev–Trinajstić information content (AvgIpc) is 3.75. The molecule has 0 radical (unpaired) electrons. The maximum atomic E-state index is 8.28. The van der Waals surface area contributed by atoms with E-state index < -0.39 is 0 Å². The van der Waals surface area contributed by atoms with Crippen LogP contribution >= 0.6 is 22.7 Å². The highest BCUT2D eigenvalue weighted by atomic mass is 32.1. The number of para-hydroxylation sites is 1. The lowest BCUT2D eigenvalue weighted by Gasteiger charge is -2.09. The Bertz CT molecular complexity index is 2740. The highest BCUT2D eigenvalue weighted by Crippen LogP contribution is 2.43. The minimum absolute atomic E-state index is 0.476. The van der Waals surface area contributed by atoms with Gasteiger partial charge in [0.15, 0.2) is 0 Å². The second-order valence-electron chi connectivity index (χ2n) is 12.0. The van der Waals surface area contributed by atoms with Crippen molar-refractivity contribution in [2.75, 3.05) is 5.73 Å². The van der Waals surface area contributed by atoms with Gasteiger partial charge in [-0.25, -0.2) is 0 Å². The number of nitrogen functional groups attached to an aromatic ring is 1. The SMILES string of the molecule is C=C/C=C\c1c(C)sc(C(=N)c2ccccc2)c1N.Cn1c2ccccc2c2ccc3c(ccc4ccc5sc6ccccc6c5c43)c21. The minimum Gasteiger partial charge on any atom is -0.397 e. The number of nitrogens with zero attached hydrogens (tertiary/aromatic N) is 1. The lowest BCUT2D eigenvalue weighted by Crippen LogP contribution is -2.02. The molecule has 5 heteroatoms. The van der Waals surface area contributed by atoms with E-state index in [1.165, 1.54) is 63.5 Å². The van der Waals surface area contributed by atoms with Crippen LogP contribution in [0.15, 0.2) is 134 Å².